The van der Waals surface area contributed by atoms with Crippen LogP contribution in [0.25, 0.3) is 0 Å². The molecule has 1 heterocycles. The van der Waals surface area contributed by atoms with Crippen LogP contribution in [-0.4, -0.2) is 18.0 Å². The van der Waals surface area contributed by atoms with Crippen LogP contribution in [-0.2, 0) is 0 Å². The maximum Gasteiger partial charge on any atom is 0.327 e. The van der Waals surface area contributed by atoms with Crippen molar-refractivity contribution in [2.24, 2.45) is 5.92 Å². The van der Waals surface area contributed by atoms with Crippen molar-refractivity contribution in [3.8, 4) is 0 Å². The maximum atomic E-state index is 13.7. The highest BCUT2D eigenvalue weighted by molar-refractivity contribution is 9.10. The molecule has 1 aromatic rings. The molecule has 18 heavy (non-hydrogen) atoms. The number of anilines is 1. The van der Waals surface area contributed by atoms with Crippen LogP contribution in [0.2, 0.25) is 0 Å². The number of hydrogen-bond acceptors (Lipinski definition) is 3. The Morgan fingerprint density at radius 2 is 2.06 bits per heavy atom. The second-order valence-electron chi connectivity index (χ2n) is 4.68. The first-order valence-corrected chi connectivity index (χ1v) is 6.66. The summed E-state index contributed by atoms with van der Waals surface area (Å²) in [5.41, 5.74) is -0.0495. The molecule has 0 saturated carbocycles. The molecule has 0 radical (unpaired) electrons. The number of halogens is 2. The van der Waals surface area contributed by atoms with Gasteiger partial charge in [-0.1, -0.05) is 22.9 Å². The molecule has 0 unspecified atom stereocenters. The van der Waals surface area contributed by atoms with E-state index in [0.717, 1.165) is 32.0 Å². The zero-order valence-corrected chi connectivity index (χ0v) is 11.6. The van der Waals surface area contributed by atoms with Crippen molar-refractivity contribution in [2.75, 3.05) is 18.0 Å². The van der Waals surface area contributed by atoms with Crippen molar-refractivity contribution < 1.29 is 9.31 Å². The molecule has 0 atom stereocenters. The number of benzene rings is 1. The molecule has 0 bridgehead atoms. The first kappa shape index (κ1) is 13.3. The van der Waals surface area contributed by atoms with Crippen molar-refractivity contribution in [3.63, 3.8) is 0 Å². The van der Waals surface area contributed by atoms with Crippen LogP contribution in [0.15, 0.2) is 16.6 Å². The Kier molecular flexibility index (Phi) is 3.85. The van der Waals surface area contributed by atoms with Crippen LogP contribution >= 0.6 is 15.9 Å². The summed E-state index contributed by atoms with van der Waals surface area (Å²) in [5.74, 6) is -0.166. The molecule has 0 N–H and O–H groups in total. The summed E-state index contributed by atoms with van der Waals surface area (Å²) >= 11 is 3.19. The van der Waals surface area contributed by atoms with Crippen molar-refractivity contribution in [3.05, 3.63) is 32.5 Å². The number of nitrogens with zero attached hydrogens (tertiary/aromatic N) is 2. The minimum atomic E-state index is -0.789. The van der Waals surface area contributed by atoms with E-state index in [9.17, 15) is 14.5 Å². The molecule has 4 nitrogen and oxygen atoms in total. The van der Waals surface area contributed by atoms with Gasteiger partial charge in [-0.3, -0.25) is 10.1 Å². The van der Waals surface area contributed by atoms with Crippen molar-refractivity contribution in [2.45, 2.75) is 19.8 Å². The second-order valence-corrected chi connectivity index (χ2v) is 5.60. The van der Waals surface area contributed by atoms with E-state index < -0.39 is 16.4 Å². The van der Waals surface area contributed by atoms with E-state index in [2.05, 4.69) is 22.9 Å². The molecule has 1 saturated heterocycles. The Morgan fingerprint density at radius 1 is 1.44 bits per heavy atom. The number of hydrogen-bond donors (Lipinski definition) is 0. The summed E-state index contributed by atoms with van der Waals surface area (Å²) in [5, 5.41) is 11.0. The highest BCUT2D eigenvalue weighted by atomic mass is 79.9. The van der Waals surface area contributed by atoms with Gasteiger partial charge in [-0.2, -0.15) is 4.39 Å². The second kappa shape index (κ2) is 5.22. The number of rotatable bonds is 2. The van der Waals surface area contributed by atoms with Gasteiger partial charge in [0.1, 0.15) is 5.69 Å². The topological polar surface area (TPSA) is 46.4 Å². The normalized spacial score (nSPS) is 16.9. The monoisotopic (exact) mass is 316 g/mol. The quantitative estimate of drug-likeness (QED) is 0.617. The molecule has 1 aliphatic heterocycles. The molecule has 6 heteroatoms. The van der Waals surface area contributed by atoms with Crippen molar-refractivity contribution in [1.82, 2.24) is 0 Å². The molecule has 1 aliphatic rings. The third-order valence-corrected chi connectivity index (χ3v) is 3.77. The summed E-state index contributed by atoms with van der Waals surface area (Å²) in [4.78, 5) is 12.2. The van der Waals surface area contributed by atoms with Gasteiger partial charge >= 0.3 is 5.69 Å². The largest absolute Gasteiger partial charge is 0.366 e. The lowest BCUT2D eigenvalue weighted by atomic mass is 9.98. The Hall–Kier alpha value is -1.17. The third-order valence-electron chi connectivity index (χ3n) is 3.31. The third kappa shape index (κ3) is 2.63. The summed E-state index contributed by atoms with van der Waals surface area (Å²) in [6.45, 7) is 3.63. The van der Waals surface area contributed by atoms with Crippen LogP contribution in [0.1, 0.15) is 19.8 Å². The van der Waals surface area contributed by atoms with Gasteiger partial charge in [-0.25, -0.2) is 0 Å². The average Bonchev–Trinajstić information content (AvgIpc) is 2.28. The standard InChI is InChI=1S/C12H14BrFN2O2/c1-8-2-4-15(5-3-8)11-7-9(13)6-10(14)12(11)16(17)18/h6-8H,2-5H2,1H3. The lowest BCUT2D eigenvalue weighted by molar-refractivity contribution is -0.386. The van der Waals surface area contributed by atoms with E-state index in [1.54, 1.807) is 6.07 Å². The van der Waals surface area contributed by atoms with E-state index in [0.29, 0.717) is 16.1 Å². The van der Waals surface area contributed by atoms with Crippen LogP contribution in [0.3, 0.4) is 0 Å². The summed E-state index contributed by atoms with van der Waals surface area (Å²) < 4.78 is 14.2. The van der Waals surface area contributed by atoms with Gasteiger partial charge in [0.05, 0.1) is 4.92 Å². The van der Waals surface area contributed by atoms with Gasteiger partial charge in [0, 0.05) is 17.6 Å². The number of nitro groups is 1. The minimum absolute atomic E-state index is 0.374. The Labute approximate surface area is 113 Å². The molecule has 0 aliphatic carbocycles. The zero-order chi connectivity index (χ0) is 13.3. The number of nitro benzene ring substituents is 1. The van der Waals surface area contributed by atoms with Crippen molar-refractivity contribution >= 4 is 27.3 Å². The first-order valence-electron chi connectivity index (χ1n) is 5.87. The maximum absolute atomic E-state index is 13.7. The van der Waals surface area contributed by atoms with Gasteiger partial charge in [-0.15, -0.1) is 0 Å². The van der Waals surface area contributed by atoms with E-state index in [1.807, 2.05) is 4.90 Å². The molecule has 1 aromatic carbocycles. The van der Waals surface area contributed by atoms with E-state index in [-0.39, 0.29) is 0 Å². The van der Waals surface area contributed by atoms with Gasteiger partial charge in [0.25, 0.3) is 0 Å². The Morgan fingerprint density at radius 3 is 2.61 bits per heavy atom. The fourth-order valence-corrected chi connectivity index (χ4v) is 2.64. The van der Waals surface area contributed by atoms with Gasteiger partial charge in [0.15, 0.2) is 0 Å². The average molecular weight is 317 g/mol. The molecular formula is C12H14BrFN2O2. The fraction of sp³-hybridized carbons (Fsp3) is 0.500. The van der Waals surface area contributed by atoms with Crippen molar-refractivity contribution in [1.29, 1.82) is 0 Å². The Bertz CT molecular complexity index is 473. The first-order chi connectivity index (χ1) is 8.49. The van der Waals surface area contributed by atoms with E-state index in [1.165, 1.54) is 0 Å². The number of piperidine rings is 1. The minimum Gasteiger partial charge on any atom is -0.366 e. The van der Waals surface area contributed by atoms with Gasteiger partial charge in [-0.05, 0) is 30.9 Å². The molecule has 0 aromatic heterocycles. The van der Waals surface area contributed by atoms with Crippen LogP contribution in [0, 0.1) is 21.8 Å². The smallest absolute Gasteiger partial charge is 0.327 e. The van der Waals surface area contributed by atoms with Gasteiger partial charge < -0.3 is 4.90 Å². The predicted molar refractivity (Wildman–Crippen MR) is 71.4 cm³/mol. The summed E-state index contributed by atoms with van der Waals surface area (Å²) in [6, 6.07) is 2.76. The van der Waals surface area contributed by atoms with E-state index >= 15 is 0 Å². The highest BCUT2D eigenvalue weighted by Gasteiger charge is 2.27. The van der Waals surface area contributed by atoms with Gasteiger partial charge in [0.2, 0.25) is 5.82 Å². The molecular weight excluding hydrogens is 303 g/mol. The molecule has 1 fully saturated rings. The molecule has 0 spiro atoms. The van der Waals surface area contributed by atoms with E-state index in [4.69, 9.17) is 0 Å². The molecule has 98 valence electrons. The molecule has 0 amide bonds. The predicted octanol–water partition coefficient (Wildman–Crippen LogP) is 3.73. The Balaban J connectivity index is 2.39. The highest BCUT2D eigenvalue weighted by Crippen LogP contribution is 2.36. The van der Waals surface area contributed by atoms with Crippen LogP contribution < -0.4 is 4.90 Å². The zero-order valence-electron chi connectivity index (χ0n) is 10.0. The van der Waals surface area contributed by atoms with Crippen LogP contribution in [0.5, 0.6) is 0 Å². The summed E-state index contributed by atoms with van der Waals surface area (Å²) in [6.07, 6.45) is 1.95. The SMILES string of the molecule is CC1CCN(c2cc(Br)cc(F)c2[N+](=O)[O-])CC1. The lowest BCUT2D eigenvalue weighted by Gasteiger charge is -2.31. The molecule has 2 rings (SSSR count). The fourth-order valence-electron chi connectivity index (χ4n) is 2.22. The lowest BCUT2D eigenvalue weighted by Crippen LogP contribution is -2.33. The van der Waals surface area contributed by atoms with Crippen LogP contribution in [0.4, 0.5) is 15.8 Å². The summed E-state index contributed by atoms with van der Waals surface area (Å²) in [7, 11) is 0.